The number of alkyl halides is 2. The number of halogens is 2. The highest BCUT2D eigenvalue weighted by Gasteiger charge is 2.58. The molecule has 0 aromatic carbocycles. The van der Waals surface area contributed by atoms with Crippen LogP contribution in [-0.4, -0.2) is 58.4 Å². The highest BCUT2D eigenvalue weighted by Crippen LogP contribution is 2.57. The molecule has 2 N–H and O–H groups in total. The van der Waals surface area contributed by atoms with E-state index >= 15 is 0 Å². The summed E-state index contributed by atoms with van der Waals surface area (Å²) in [4.78, 5) is 11.6. The van der Waals surface area contributed by atoms with Crippen LogP contribution in [0.5, 0.6) is 5.75 Å². The van der Waals surface area contributed by atoms with Crippen molar-refractivity contribution in [2.45, 2.75) is 50.8 Å². The second-order valence-corrected chi connectivity index (χ2v) is 9.70. The maximum absolute atomic E-state index is 12.7. The van der Waals surface area contributed by atoms with E-state index in [9.17, 15) is 8.78 Å². The van der Waals surface area contributed by atoms with Crippen molar-refractivity contribution in [1.29, 1.82) is 0 Å². The third-order valence-electron chi connectivity index (χ3n) is 7.58. The summed E-state index contributed by atoms with van der Waals surface area (Å²) in [7, 11) is 0. The quantitative estimate of drug-likeness (QED) is 0.704. The standard InChI is InChI=1S/C23H29F2N5O2/c24-23(25)32-19-8-14(9-27-22(19)26)18-12-30(20(28-18)7-13-1-2-13)21-16-10-29(11-17(16)21)15-3-5-31-6-4-15/h8-9,12-13,15-17,21,23H,1-7,10-11H2,(H2,26,27)/t16-,17+,21+. The molecule has 7 nitrogen and oxygen atoms in total. The van der Waals surface area contributed by atoms with Crippen LogP contribution in [0.15, 0.2) is 18.5 Å². The van der Waals surface area contributed by atoms with E-state index in [1.54, 1.807) is 6.20 Å². The van der Waals surface area contributed by atoms with Gasteiger partial charge in [0, 0.05) is 62.8 Å². The predicted molar refractivity (Wildman–Crippen MR) is 114 cm³/mol. The first kappa shape index (κ1) is 20.4. The third kappa shape index (κ3) is 3.85. The number of anilines is 1. The van der Waals surface area contributed by atoms with E-state index in [1.807, 2.05) is 0 Å². The second-order valence-electron chi connectivity index (χ2n) is 9.70. The summed E-state index contributed by atoms with van der Waals surface area (Å²) in [6.07, 6.45) is 9.43. The summed E-state index contributed by atoms with van der Waals surface area (Å²) in [6.45, 7) is 1.10. The van der Waals surface area contributed by atoms with Gasteiger partial charge < -0.3 is 19.8 Å². The van der Waals surface area contributed by atoms with Crippen LogP contribution in [0.3, 0.4) is 0 Å². The predicted octanol–water partition coefficient (Wildman–Crippen LogP) is 3.36. The van der Waals surface area contributed by atoms with Crippen molar-refractivity contribution >= 4 is 5.82 Å². The fourth-order valence-corrected chi connectivity index (χ4v) is 5.63. The number of aromatic nitrogens is 3. The molecule has 32 heavy (non-hydrogen) atoms. The molecule has 0 radical (unpaired) electrons. The molecule has 4 heterocycles. The van der Waals surface area contributed by atoms with Gasteiger partial charge in [-0.3, -0.25) is 4.90 Å². The zero-order chi connectivity index (χ0) is 21.8. The molecule has 0 unspecified atom stereocenters. The van der Waals surface area contributed by atoms with Crippen LogP contribution in [0.25, 0.3) is 11.3 Å². The SMILES string of the molecule is Nc1ncc(-c2cn([C@H]3[C@@H]4CN(C5CCOCC5)C[C@@H]43)c(CC3CC3)n2)cc1OC(F)F. The minimum atomic E-state index is -2.94. The van der Waals surface area contributed by atoms with Crippen molar-refractivity contribution in [3.05, 3.63) is 24.3 Å². The normalized spacial score (nSPS) is 28.3. The van der Waals surface area contributed by atoms with Gasteiger partial charge in [0.25, 0.3) is 0 Å². The van der Waals surface area contributed by atoms with E-state index in [4.69, 9.17) is 15.5 Å². The summed E-state index contributed by atoms with van der Waals surface area (Å²) in [5.41, 5.74) is 7.11. The largest absolute Gasteiger partial charge is 0.431 e. The monoisotopic (exact) mass is 445 g/mol. The van der Waals surface area contributed by atoms with Gasteiger partial charge in [-0.1, -0.05) is 0 Å². The molecule has 4 aliphatic rings. The zero-order valence-corrected chi connectivity index (χ0v) is 18.0. The summed E-state index contributed by atoms with van der Waals surface area (Å²) >= 11 is 0. The van der Waals surface area contributed by atoms with Crippen LogP contribution < -0.4 is 10.5 Å². The second kappa shape index (κ2) is 7.95. The maximum Gasteiger partial charge on any atom is 0.387 e. The number of fused-ring (bicyclic) bond motifs is 1. The van der Waals surface area contributed by atoms with Gasteiger partial charge in [0.2, 0.25) is 0 Å². The van der Waals surface area contributed by atoms with Crippen molar-refractivity contribution in [3.8, 4) is 17.0 Å². The Kier molecular flexibility index (Phi) is 5.06. The van der Waals surface area contributed by atoms with Crippen LogP contribution >= 0.6 is 0 Å². The number of ether oxygens (including phenoxy) is 2. The zero-order valence-electron chi connectivity index (χ0n) is 18.0. The van der Waals surface area contributed by atoms with Crippen LogP contribution in [0.4, 0.5) is 14.6 Å². The average Bonchev–Trinajstić information content (AvgIpc) is 3.63. The molecule has 172 valence electrons. The minimum Gasteiger partial charge on any atom is -0.431 e. The fourth-order valence-electron chi connectivity index (χ4n) is 5.63. The van der Waals surface area contributed by atoms with E-state index in [0.717, 1.165) is 57.1 Å². The lowest BCUT2D eigenvalue weighted by molar-refractivity contribution is -0.0494. The Labute approximate surface area is 185 Å². The molecule has 6 rings (SSSR count). The van der Waals surface area contributed by atoms with E-state index in [-0.39, 0.29) is 11.6 Å². The lowest BCUT2D eigenvalue weighted by Crippen LogP contribution is -2.39. The van der Waals surface area contributed by atoms with Crippen molar-refractivity contribution < 1.29 is 18.3 Å². The van der Waals surface area contributed by atoms with Crippen molar-refractivity contribution in [1.82, 2.24) is 19.4 Å². The number of rotatable bonds is 7. The number of likely N-dealkylation sites (tertiary alicyclic amines) is 1. The molecular formula is C23H29F2N5O2. The molecule has 0 amide bonds. The van der Waals surface area contributed by atoms with Gasteiger partial charge in [0.1, 0.15) is 5.82 Å². The Morgan fingerprint density at radius 1 is 1.16 bits per heavy atom. The first-order valence-corrected chi connectivity index (χ1v) is 11.7. The molecular weight excluding hydrogens is 416 g/mol. The van der Waals surface area contributed by atoms with Gasteiger partial charge in [0.05, 0.1) is 5.69 Å². The molecule has 2 aliphatic carbocycles. The summed E-state index contributed by atoms with van der Waals surface area (Å²) in [5, 5.41) is 0. The summed E-state index contributed by atoms with van der Waals surface area (Å²) in [6, 6.07) is 2.66. The average molecular weight is 446 g/mol. The van der Waals surface area contributed by atoms with E-state index < -0.39 is 6.61 Å². The van der Waals surface area contributed by atoms with Crippen molar-refractivity contribution in [2.75, 3.05) is 32.0 Å². The number of nitrogen functional groups attached to an aromatic ring is 1. The Morgan fingerprint density at radius 3 is 2.59 bits per heavy atom. The number of piperidine rings is 1. The third-order valence-corrected chi connectivity index (χ3v) is 7.58. The fraction of sp³-hybridized carbons (Fsp3) is 0.652. The number of hydrogen-bond donors (Lipinski definition) is 1. The molecule has 2 saturated heterocycles. The van der Waals surface area contributed by atoms with Gasteiger partial charge in [-0.15, -0.1) is 0 Å². The Morgan fingerprint density at radius 2 is 1.91 bits per heavy atom. The Balaban J connectivity index is 1.23. The molecule has 2 aromatic rings. The molecule has 2 aromatic heterocycles. The molecule has 2 aliphatic heterocycles. The first-order chi connectivity index (χ1) is 15.6. The Bertz CT molecular complexity index is 977. The van der Waals surface area contributed by atoms with Gasteiger partial charge in [-0.25, -0.2) is 9.97 Å². The number of imidazole rings is 1. The van der Waals surface area contributed by atoms with Crippen LogP contribution in [0.1, 0.15) is 37.5 Å². The van der Waals surface area contributed by atoms with E-state index in [0.29, 0.717) is 35.4 Å². The molecule has 4 fully saturated rings. The smallest absolute Gasteiger partial charge is 0.387 e. The van der Waals surface area contributed by atoms with Crippen LogP contribution in [-0.2, 0) is 11.2 Å². The molecule has 0 bridgehead atoms. The lowest BCUT2D eigenvalue weighted by atomic mass is 10.1. The molecule has 9 heteroatoms. The van der Waals surface area contributed by atoms with Gasteiger partial charge in [-0.05, 0) is 49.5 Å². The van der Waals surface area contributed by atoms with Gasteiger partial charge in [0.15, 0.2) is 11.6 Å². The highest BCUT2D eigenvalue weighted by molar-refractivity contribution is 5.63. The molecule has 3 atom stereocenters. The summed E-state index contributed by atoms with van der Waals surface area (Å²) in [5.74, 6) is 3.00. The van der Waals surface area contributed by atoms with E-state index in [2.05, 4.69) is 25.4 Å². The topological polar surface area (TPSA) is 78.4 Å². The van der Waals surface area contributed by atoms with Crippen molar-refractivity contribution in [3.63, 3.8) is 0 Å². The van der Waals surface area contributed by atoms with Crippen LogP contribution in [0.2, 0.25) is 0 Å². The number of hydrogen-bond acceptors (Lipinski definition) is 6. The van der Waals surface area contributed by atoms with Crippen molar-refractivity contribution in [2.24, 2.45) is 17.8 Å². The number of nitrogens with two attached hydrogens (primary N) is 1. The molecule has 0 spiro atoms. The number of nitrogens with zero attached hydrogens (tertiary/aromatic N) is 4. The first-order valence-electron chi connectivity index (χ1n) is 11.7. The van der Waals surface area contributed by atoms with Gasteiger partial charge in [-0.2, -0.15) is 8.78 Å². The maximum atomic E-state index is 12.7. The van der Waals surface area contributed by atoms with Crippen LogP contribution in [0, 0.1) is 17.8 Å². The molecule has 2 saturated carbocycles. The van der Waals surface area contributed by atoms with Gasteiger partial charge >= 0.3 is 6.61 Å². The lowest BCUT2D eigenvalue weighted by Gasteiger charge is -2.32. The highest BCUT2D eigenvalue weighted by atomic mass is 19.3. The van der Waals surface area contributed by atoms with E-state index in [1.165, 1.54) is 18.9 Å². The Hall–Kier alpha value is -2.26. The minimum absolute atomic E-state index is 0.0448. The number of pyridine rings is 1. The summed E-state index contributed by atoms with van der Waals surface area (Å²) < 4.78 is 37.9.